The molecule has 3 atom stereocenters. The Morgan fingerprint density at radius 3 is 2.57 bits per heavy atom. The standard InChI is InChI=1S/C16H28N2O5/c1-2-17-15(20)9-12-3-4-13(14(10-19)23-12)18-16(21)11-5-7-22-8-6-11/h11-14,19H,2-10H2,1H3,(H,17,20)(H,18,21)/t12-,13+,14-/m0/s1. The molecule has 7 heteroatoms. The molecule has 2 amide bonds. The van der Waals surface area contributed by atoms with Gasteiger partial charge in [0.1, 0.15) is 6.10 Å². The molecule has 0 aromatic heterocycles. The highest BCUT2D eigenvalue weighted by atomic mass is 16.5. The normalized spacial score (nSPS) is 29.0. The van der Waals surface area contributed by atoms with Crippen molar-refractivity contribution in [1.82, 2.24) is 10.6 Å². The van der Waals surface area contributed by atoms with Gasteiger partial charge in [-0.05, 0) is 32.6 Å². The lowest BCUT2D eigenvalue weighted by Gasteiger charge is -2.36. The van der Waals surface area contributed by atoms with Crippen molar-refractivity contribution >= 4 is 11.8 Å². The average molecular weight is 328 g/mol. The first-order valence-corrected chi connectivity index (χ1v) is 8.55. The second kappa shape index (κ2) is 9.20. The maximum Gasteiger partial charge on any atom is 0.223 e. The van der Waals surface area contributed by atoms with E-state index in [0.717, 1.165) is 12.8 Å². The van der Waals surface area contributed by atoms with Crippen LogP contribution in [0.15, 0.2) is 0 Å². The van der Waals surface area contributed by atoms with E-state index in [9.17, 15) is 14.7 Å². The summed E-state index contributed by atoms with van der Waals surface area (Å²) >= 11 is 0. The third-order valence-electron chi connectivity index (χ3n) is 4.50. The minimum atomic E-state index is -0.452. The van der Waals surface area contributed by atoms with E-state index in [2.05, 4.69) is 10.6 Å². The van der Waals surface area contributed by atoms with Crippen molar-refractivity contribution in [2.45, 2.75) is 57.3 Å². The third-order valence-corrected chi connectivity index (χ3v) is 4.50. The Labute approximate surface area is 137 Å². The van der Waals surface area contributed by atoms with Gasteiger partial charge in [-0.3, -0.25) is 9.59 Å². The van der Waals surface area contributed by atoms with Gasteiger partial charge in [0.05, 0.1) is 25.2 Å². The predicted molar refractivity (Wildman–Crippen MR) is 83.8 cm³/mol. The quantitative estimate of drug-likeness (QED) is 0.636. The van der Waals surface area contributed by atoms with E-state index in [1.54, 1.807) is 0 Å². The van der Waals surface area contributed by atoms with Gasteiger partial charge in [0.25, 0.3) is 0 Å². The lowest BCUT2D eigenvalue weighted by atomic mass is 9.94. The highest BCUT2D eigenvalue weighted by Gasteiger charge is 2.34. The van der Waals surface area contributed by atoms with Crippen LogP contribution in [0.2, 0.25) is 0 Å². The number of carbonyl (C=O) groups is 2. The van der Waals surface area contributed by atoms with Crippen LogP contribution in [0.25, 0.3) is 0 Å². The summed E-state index contributed by atoms with van der Waals surface area (Å²) in [7, 11) is 0. The number of aliphatic hydroxyl groups is 1. The maximum atomic E-state index is 12.3. The molecule has 3 N–H and O–H groups in total. The molecular formula is C16H28N2O5. The van der Waals surface area contributed by atoms with E-state index in [1.807, 2.05) is 6.92 Å². The van der Waals surface area contributed by atoms with Crippen LogP contribution in [-0.2, 0) is 19.1 Å². The molecular weight excluding hydrogens is 300 g/mol. The molecule has 23 heavy (non-hydrogen) atoms. The highest BCUT2D eigenvalue weighted by Crippen LogP contribution is 2.23. The van der Waals surface area contributed by atoms with E-state index in [0.29, 0.717) is 39.0 Å². The number of amides is 2. The summed E-state index contributed by atoms with van der Waals surface area (Å²) in [5.74, 6) is -0.0439. The molecule has 0 aromatic carbocycles. The molecule has 2 rings (SSSR count). The Morgan fingerprint density at radius 2 is 1.91 bits per heavy atom. The second-order valence-corrected chi connectivity index (χ2v) is 6.22. The van der Waals surface area contributed by atoms with Gasteiger partial charge in [-0.2, -0.15) is 0 Å². The van der Waals surface area contributed by atoms with Gasteiger partial charge in [0.2, 0.25) is 11.8 Å². The molecule has 2 aliphatic rings. The van der Waals surface area contributed by atoms with Gasteiger partial charge >= 0.3 is 0 Å². The van der Waals surface area contributed by atoms with Gasteiger partial charge in [0.15, 0.2) is 0 Å². The lowest BCUT2D eigenvalue weighted by Crippen LogP contribution is -2.53. The Balaban J connectivity index is 1.81. The van der Waals surface area contributed by atoms with E-state index >= 15 is 0 Å². The zero-order chi connectivity index (χ0) is 16.7. The van der Waals surface area contributed by atoms with E-state index in [-0.39, 0.29) is 36.5 Å². The molecule has 0 bridgehead atoms. The summed E-state index contributed by atoms with van der Waals surface area (Å²) in [6.45, 7) is 3.55. The first-order chi connectivity index (χ1) is 11.1. The van der Waals surface area contributed by atoms with Gasteiger partial charge in [0, 0.05) is 25.7 Å². The molecule has 2 saturated heterocycles. The molecule has 132 valence electrons. The largest absolute Gasteiger partial charge is 0.394 e. The molecule has 0 aromatic rings. The molecule has 2 aliphatic heterocycles. The summed E-state index contributed by atoms with van der Waals surface area (Å²) in [6, 6.07) is -0.194. The molecule has 2 heterocycles. The fraction of sp³-hybridized carbons (Fsp3) is 0.875. The lowest BCUT2D eigenvalue weighted by molar-refractivity contribution is -0.138. The number of hydrogen-bond donors (Lipinski definition) is 3. The van der Waals surface area contributed by atoms with Crippen LogP contribution in [0.3, 0.4) is 0 Å². The molecule has 0 radical (unpaired) electrons. The molecule has 0 aliphatic carbocycles. The van der Waals surface area contributed by atoms with Crippen LogP contribution >= 0.6 is 0 Å². The topological polar surface area (TPSA) is 96.9 Å². The van der Waals surface area contributed by atoms with Gasteiger partial charge < -0.3 is 25.2 Å². The van der Waals surface area contributed by atoms with Crippen LogP contribution in [-0.4, -0.2) is 61.5 Å². The van der Waals surface area contributed by atoms with E-state index < -0.39 is 6.10 Å². The van der Waals surface area contributed by atoms with Gasteiger partial charge in [-0.1, -0.05) is 0 Å². The summed E-state index contributed by atoms with van der Waals surface area (Å²) in [5, 5.41) is 15.3. The predicted octanol–water partition coefficient (Wildman–Crippen LogP) is -0.0361. The number of ether oxygens (including phenoxy) is 2. The van der Waals surface area contributed by atoms with Crippen molar-refractivity contribution in [3.05, 3.63) is 0 Å². The Morgan fingerprint density at radius 1 is 1.17 bits per heavy atom. The first-order valence-electron chi connectivity index (χ1n) is 8.55. The Kier molecular flexibility index (Phi) is 7.26. The van der Waals surface area contributed by atoms with Crippen LogP contribution in [0.1, 0.15) is 39.0 Å². The SMILES string of the molecule is CCNC(=O)C[C@@H]1CC[C@@H](NC(=O)C2CCOCC2)[C@H](CO)O1. The van der Waals surface area contributed by atoms with Crippen molar-refractivity contribution in [2.24, 2.45) is 5.92 Å². The summed E-state index contributed by atoms with van der Waals surface area (Å²) < 4.78 is 11.1. The second-order valence-electron chi connectivity index (χ2n) is 6.22. The molecule has 2 fully saturated rings. The minimum absolute atomic E-state index is 0.0162. The Bertz CT molecular complexity index is 398. The van der Waals surface area contributed by atoms with Crippen LogP contribution in [0.5, 0.6) is 0 Å². The summed E-state index contributed by atoms with van der Waals surface area (Å²) in [5.41, 5.74) is 0. The number of aliphatic hydroxyl groups excluding tert-OH is 1. The maximum absolute atomic E-state index is 12.3. The first kappa shape index (κ1) is 18.2. The fourth-order valence-corrected chi connectivity index (χ4v) is 3.18. The van der Waals surface area contributed by atoms with Crippen LogP contribution in [0, 0.1) is 5.92 Å². The summed E-state index contributed by atoms with van der Waals surface area (Å²) in [4.78, 5) is 23.9. The number of hydrogen-bond acceptors (Lipinski definition) is 5. The monoisotopic (exact) mass is 328 g/mol. The zero-order valence-electron chi connectivity index (χ0n) is 13.8. The van der Waals surface area contributed by atoms with Gasteiger partial charge in [-0.25, -0.2) is 0 Å². The van der Waals surface area contributed by atoms with Crippen molar-refractivity contribution in [3.8, 4) is 0 Å². The summed E-state index contributed by atoms with van der Waals surface area (Å²) in [6.07, 6.45) is 2.54. The zero-order valence-corrected chi connectivity index (χ0v) is 13.8. The van der Waals surface area contributed by atoms with Crippen molar-refractivity contribution in [3.63, 3.8) is 0 Å². The molecule has 0 saturated carbocycles. The molecule has 0 unspecified atom stereocenters. The number of nitrogens with one attached hydrogen (secondary N) is 2. The minimum Gasteiger partial charge on any atom is -0.394 e. The molecule has 0 spiro atoms. The number of carbonyl (C=O) groups excluding carboxylic acids is 2. The van der Waals surface area contributed by atoms with Crippen molar-refractivity contribution in [2.75, 3.05) is 26.4 Å². The van der Waals surface area contributed by atoms with Crippen molar-refractivity contribution in [1.29, 1.82) is 0 Å². The molecule has 7 nitrogen and oxygen atoms in total. The Hall–Kier alpha value is -1.18. The smallest absolute Gasteiger partial charge is 0.223 e. The van der Waals surface area contributed by atoms with E-state index in [4.69, 9.17) is 9.47 Å². The fourth-order valence-electron chi connectivity index (χ4n) is 3.18. The van der Waals surface area contributed by atoms with Gasteiger partial charge in [-0.15, -0.1) is 0 Å². The van der Waals surface area contributed by atoms with Crippen LogP contribution < -0.4 is 10.6 Å². The highest BCUT2D eigenvalue weighted by molar-refractivity contribution is 5.79. The third kappa shape index (κ3) is 5.44. The van der Waals surface area contributed by atoms with E-state index in [1.165, 1.54) is 0 Å². The average Bonchev–Trinajstić information content (AvgIpc) is 2.57. The van der Waals surface area contributed by atoms with Crippen molar-refractivity contribution < 1.29 is 24.2 Å². The number of rotatable bonds is 6. The van der Waals surface area contributed by atoms with Crippen LogP contribution in [0.4, 0.5) is 0 Å².